The number of halogens is 2. The number of carbonyl (C=O) groups excluding carboxylic acids is 1. The molecular weight excluding hydrogens is 454 g/mol. The van der Waals surface area contributed by atoms with E-state index in [0.29, 0.717) is 29.0 Å². The van der Waals surface area contributed by atoms with Gasteiger partial charge in [-0.3, -0.25) is 0 Å². The van der Waals surface area contributed by atoms with Crippen molar-refractivity contribution in [2.45, 2.75) is 43.7 Å². The fourth-order valence-corrected chi connectivity index (χ4v) is 3.74. The summed E-state index contributed by atoms with van der Waals surface area (Å²) in [5, 5.41) is 20.6. The van der Waals surface area contributed by atoms with Gasteiger partial charge < -0.3 is 33.9 Å². The summed E-state index contributed by atoms with van der Waals surface area (Å²) in [6.45, 7) is 0.685. The van der Waals surface area contributed by atoms with Crippen molar-refractivity contribution in [2.75, 3.05) is 27.4 Å². The first kappa shape index (κ1) is 25.7. The Morgan fingerprint density at radius 3 is 2.38 bits per heavy atom. The van der Waals surface area contributed by atoms with Gasteiger partial charge in [-0.05, 0) is 47.9 Å². The summed E-state index contributed by atoms with van der Waals surface area (Å²) in [6, 6.07) is 12.2. The maximum Gasteiger partial charge on any atom is 0.508 e. The van der Waals surface area contributed by atoms with Gasteiger partial charge in [-0.15, -0.1) is 0 Å². The first-order valence-electron chi connectivity index (χ1n) is 10.7. The molecular formula is C24H28F2O8. The molecule has 0 spiro atoms. The van der Waals surface area contributed by atoms with Gasteiger partial charge in [-0.1, -0.05) is 18.2 Å². The van der Waals surface area contributed by atoms with Crippen LogP contribution < -0.4 is 9.47 Å². The molecule has 0 aromatic heterocycles. The van der Waals surface area contributed by atoms with E-state index >= 15 is 0 Å². The lowest BCUT2D eigenvalue weighted by Gasteiger charge is -2.42. The zero-order valence-corrected chi connectivity index (χ0v) is 19.1. The van der Waals surface area contributed by atoms with Crippen LogP contribution >= 0.6 is 0 Å². The molecule has 186 valence electrons. The Morgan fingerprint density at radius 1 is 1.06 bits per heavy atom. The van der Waals surface area contributed by atoms with Gasteiger partial charge in [0.25, 0.3) is 0 Å². The summed E-state index contributed by atoms with van der Waals surface area (Å²) in [4.78, 5) is 11.4. The Bertz CT molecular complexity index is 966. The molecule has 0 saturated carbocycles. The monoisotopic (exact) mass is 482 g/mol. The summed E-state index contributed by atoms with van der Waals surface area (Å²) < 4.78 is 54.5. The van der Waals surface area contributed by atoms with Gasteiger partial charge in [-0.25, -0.2) is 13.6 Å². The smallest absolute Gasteiger partial charge is 0.497 e. The number of hydrogen-bond donors (Lipinski definition) is 2. The third-order valence-electron chi connectivity index (χ3n) is 5.57. The Kier molecular flexibility index (Phi) is 8.29. The van der Waals surface area contributed by atoms with Crippen LogP contribution in [0, 0.1) is 0 Å². The van der Waals surface area contributed by atoms with Crippen LogP contribution in [0.15, 0.2) is 42.5 Å². The molecule has 1 fully saturated rings. The molecule has 2 aromatic rings. The van der Waals surface area contributed by atoms with Crippen molar-refractivity contribution < 1.29 is 47.5 Å². The van der Waals surface area contributed by atoms with E-state index in [1.807, 2.05) is 24.3 Å². The first-order chi connectivity index (χ1) is 16.2. The minimum atomic E-state index is -3.86. The molecule has 2 N–H and O–H groups in total. The SMILES string of the molecule is CCOC(=O)OCC1OC(c2ccc(OC)c(Cc3ccc(OC)cc3)c2)C(O)C(O)C1(F)F. The van der Waals surface area contributed by atoms with Crippen molar-refractivity contribution in [1.82, 2.24) is 0 Å². The van der Waals surface area contributed by atoms with Crippen LogP contribution in [0.1, 0.15) is 29.7 Å². The van der Waals surface area contributed by atoms with E-state index in [1.165, 1.54) is 14.0 Å². The zero-order chi connectivity index (χ0) is 24.9. The molecule has 1 heterocycles. The molecule has 0 radical (unpaired) electrons. The van der Waals surface area contributed by atoms with E-state index in [4.69, 9.17) is 18.9 Å². The number of methoxy groups -OCH3 is 2. The van der Waals surface area contributed by atoms with E-state index < -0.39 is 43.1 Å². The quantitative estimate of drug-likeness (QED) is 0.553. The number of rotatable bonds is 8. The van der Waals surface area contributed by atoms with E-state index in [2.05, 4.69) is 4.74 Å². The van der Waals surface area contributed by atoms with Crippen LogP contribution in [0.3, 0.4) is 0 Å². The van der Waals surface area contributed by atoms with Crippen molar-refractivity contribution in [3.8, 4) is 11.5 Å². The molecule has 2 aromatic carbocycles. The Labute approximate surface area is 196 Å². The molecule has 1 aliphatic rings. The van der Waals surface area contributed by atoms with Crippen LogP contribution in [-0.4, -0.2) is 68.0 Å². The van der Waals surface area contributed by atoms with Crippen molar-refractivity contribution in [1.29, 1.82) is 0 Å². The van der Waals surface area contributed by atoms with Crippen LogP contribution in [0.2, 0.25) is 0 Å². The molecule has 0 aliphatic carbocycles. The molecule has 1 saturated heterocycles. The summed E-state index contributed by atoms with van der Waals surface area (Å²) in [7, 11) is 3.07. The highest BCUT2D eigenvalue weighted by Gasteiger charge is 2.58. The van der Waals surface area contributed by atoms with Crippen LogP contribution in [0.5, 0.6) is 11.5 Å². The fourth-order valence-electron chi connectivity index (χ4n) is 3.74. The maximum atomic E-state index is 14.6. The minimum absolute atomic E-state index is 0.00747. The predicted molar refractivity (Wildman–Crippen MR) is 116 cm³/mol. The lowest BCUT2D eigenvalue weighted by atomic mass is 9.89. The standard InChI is InChI=1S/C24H28F2O8/c1-4-32-23(29)33-13-19-24(25,26)22(28)20(27)21(34-19)15-7-10-18(31-3)16(12-15)11-14-5-8-17(30-2)9-6-14/h5-10,12,19-22,27-28H,4,11,13H2,1-3H3. The van der Waals surface area contributed by atoms with Gasteiger partial charge in [-0.2, -0.15) is 0 Å². The summed E-state index contributed by atoms with van der Waals surface area (Å²) >= 11 is 0. The first-order valence-corrected chi connectivity index (χ1v) is 10.7. The van der Waals surface area contributed by atoms with Gasteiger partial charge in [0.2, 0.25) is 0 Å². The molecule has 0 bridgehead atoms. The highest BCUT2D eigenvalue weighted by molar-refractivity contribution is 5.59. The van der Waals surface area contributed by atoms with Crippen LogP contribution in [0.4, 0.5) is 13.6 Å². The van der Waals surface area contributed by atoms with Crippen molar-refractivity contribution in [2.24, 2.45) is 0 Å². The van der Waals surface area contributed by atoms with E-state index in [1.54, 1.807) is 25.3 Å². The van der Waals surface area contributed by atoms with Crippen LogP contribution in [-0.2, 0) is 20.6 Å². The average molecular weight is 482 g/mol. The summed E-state index contributed by atoms with van der Waals surface area (Å²) in [6.07, 6.45) is -8.34. The molecule has 34 heavy (non-hydrogen) atoms. The van der Waals surface area contributed by atoms with Gasteiger partial charge in [0.1, 0.15) is 36.4 Å². The third kappa shape index (κ3) is 5.57. The fraction of sp³-hybridized carbons (Fsp3) is 0.458. The largest absolute Gasteiger partial charge is 0.508 e. The lowest BCUT2D eigenvalue weighted by Crippen LogP contribution is -2.60. The van der Waals surface area contributed by atoms with Gasteiger partial charge in [0.15, 0.2) is 6.10 Å². The van der Waals surface area contributed by atoms with E-state index in [-0.39, 0.29) is 6.61 Å². The lowest BCUT2D eigenvalue weighted by molar-refractivity contribution is -0.296. The van der Waals surface area contributed by atoms with Gasteiger partial charge in [0, 0.05) is 6.42 Å². The molecule has 4 unspecified atom stereocenters. The normalized spacial score (nSPS) is 23.7. The second kappa shape index (κ2) is 11.0. The number of hydrogen-bond acceptors (Lipinski definition) is 8. The van der Waals surface area contributed by atoms with Crippen molar-refractivity contribution >= 4 is 6.16 Å². The molecule has 1 aliphatic heterocycles. The molecule has 8 nitrogen and oxygen atoms in total. The summed E-state index contributed by atoms with van der Waals surface area (Å²) in [5.41, 5.74) is 2.01. The second-order valence-electron chi connectivity index (χ2n) is 7.75. The predicted octanol–water partition coefficient (Wildman–Crippen LogP) is 3.26. The van der Waals surface area contributed by atoms with E-state index in [0.717, 1.165) is 5.56 Å². The molecule has 3 rings (SSSR count). The zero-order valence-electron chi connectivity index (χ0n) is 19.1. The topological polar surface area (TPSA) is 104 Å². The Morgan fingerprint density at radius 2 is 1.76 bits per heavy atom. The average Bonchev–Trinajstić information content (AvgIpc) is 2.83. The summed E-state index contributed by atoms with van der Waals surface area (Å²) in [5.74, 6) is -2.60. The second-order valence-corrected chi connectivity index (χ2v) is 7.75. The number of alkyl halides is 2. The van der Waals surface area contributed by atoms with Crippen LogP contribution in [0.25, 0.3) is 0 Å². The maximum absolute atomic E-state index is 14.6. The Balaban J connectivity index is 1.86. The molecule has 4 atom stereocenters. The number of carbonyl (C=O) groups is 1. The van der Waals surface area contributed by atoms with Gasteiger partial charge in [0.05, 0.1) is 20.8 Å². The Hall–Kier alpha value is -2.95. The number of aliphatic hydroxyl groups is 2. The number of ether oxygens (including phenoxy) is 5. The molecule has 0 amide bonds. The molecule has 10 heteroatoms. The van der Waals surface area contributed by atoms with Crippen molar-refractivity contribution in [3.05, 3.63) is 59.2 Å². The highest BCUT2D eigenvalue weighted by atomic mass is 19.3. The number of aliphatic hydroxyl groups excluding tert-OH is 2. The number of benzene rings is 2. The van der Waals surface area contributed by atoms with Gasteiger partial charge >= 0.3 is 12.1 Å². The minimum Gasteiger partial charge on any atom is -0.497 e. The van der Waals surface area contributed by atoms with Crippen molar-refractivity contribution in [3.63, 3.8) is 0 Å². The third-order valence-corrected chi connectivity index (χ3v) is 5.57. The highest BCUT2D eigenvalue weighted by Crippen LogP contribution is 2.42. The van der Waals surface area contributed by atoms with E-state index in [9.17, 15) is 23.8 Å².